The Bertz CT molecular complexity index is 276. The van der Waals surface area contributed by atoms with Crippen LogP contribution in [0.25, 0.3) is 0 Å². The van der Waals surface area contributed by atoms with E-state index in [9.17, 15) is 9.59 Å². The van der Waals surface area contributed by atoms with Gasteiger partial charge in [0.15, 0.2) is 0 Å². The number of hydrogen-bond donors (Lipinski definition) is 2. The van der Waals surface area contributed by atoms with Crippen LogP contribution in [0, 0.1) is 5.92 Å². The van der Waals surface area contributed by atoms with Crippen LogP contribution in [0.4, 0.5) is 4.79 Å². The van der Waals surface area contributed by atoms with Crippen molar-refractivity contribution in [1.82, 2.24) is 10.6 Å². The number of nitrogens with one attached hydrogen (secondary N) is 2. The number of imide groups is 1. The van der Waals surface area contributed by atoms with Crippen LogP contribution in [0.3, 0.4) is 0 Å². The van der Waals surface area contributed by atoms with E-state index in [4.69, 9.17) is 0 Å². The molecule has 1 fully saturated rings. The van der Waals surface area contributed by atoms with Gasteiger partial charge in [-0.1, -0.05) is 13.3 Å². The normalized spacial score (nSPS) is 23.6. The molecule has 3 amide bonds. The second-order valence-corrected chi connectivity index (χ2v) is 3.51. The second-order valence-electron chi connectivity index (χ2n) is 3.51. The van der Waals surface area contributed by atoms with Crippen LogP contribution in [-0.2, 0) is 9.53 Å². The predicted molar refractivity (Wildman–Crippen MR) is 55.0 cm³/mol. The highest BCUT2D eigenvalue weighted by Crippen LogP contribution is 2.32. The van der Waals surface area contributed by atoms with Crippen molar-refractivity contribution < 1.29 is 14.3 Å². The third-order valence-electron chi connectivity index (χ3n) is 2.36. The molecule has 0 spiro atoms. The fraction of sp³-hybridized carbons (Fsp3) is 0.600. The van der Waals surface area contributed by atoms with Gasteiger partial charge in [0.1, 0.15) is 0 Å². The van der Waals surface area contributed by atoms with Crippen LogP contribution in [0.15, 0.2) is 12.3 Å². The molecule has 5 heteroatoms. The molecule has 2 atom stereocenters. The first-order valence-corrected chi connectivity index (χ1v) is 4.98. The molecule has 5 nitrogen and oxygen atoms in total. The van der Waals surface area contributed by atoms with Crippen molar-refractivity contribution in [2.75, 3.05) is 7.11 Å². The van der Waals surface area contributed by atoms with Gasteiger partial charge in [0.2, 0.25) is 0 Å². The Balaban J connectivity index is 2.19. The molecular formula is C10H16N2O3. The van der Waals surface area contributed by atoms with Crippen LogP contribution < -0.4 is 10.6 Å². The Kier molecular flexibility index (Phi) is 4.15. The smallest absolute Gasteiger partial charge is 0.321 e. The number of rotatable bonds is 4. The molecule has 0 unspecified atom stereocenters. The number of urea groups is 1. The van der Waals surface area contributed by atoms with E-state index in [-0.39, 0.29) is 6.04 Å². The summed E-state index contributed by atoms with van der Waals surface area (Å²) in [5.74, 6) is 0.0865. The lowest BCUT2D eigenvalue weighted by Gasteiger charge is -2.03. The largest absolute Gasteiger partial charge is 0.504 e. The molecule has 1 aliphatic carbocycles. The minimum Gasteiger partial charge on any atom is -0.504 e. The van der Waals surface area contributed by atoms with Gasteiger partial charge in [0.05, 0.1) is 13.4 Å². The van der Waals surface area contributed by atoms with E-state index in [2.05, 4.69) is 22.3 Å². The number of carbonyl (C=O) groups excluding carboxylic acids is 2. The lowest BCUT2D eigenvalue weighted by molar-refractivity contribution is -0.115. The van der Waals surface area contributed by atoms with Crippen molar-refractivity contribution >= 4 is 11.9 Å². The van der Waals surface area contributed by atoms with Crippen LogP contribution >= 0.6 is 0 Å². The van der Waals surface area contributed by atoms with Gasteiger partial charge in [-0.05, 0) is 12.3 Å². The number of amides is 3. The number of methoxy groups -OCH3 is 1. The van der Waals surface area contributed by atoms with Crippen molar-refractivity contribution in [3.63, 3.8) is 0 Å². The van der Waals surface area contributed by atoms with Gasteiger partial charge in [-0.25, -0.2) is 4.79 Å². The molecule has 0 heterocycles. The van der Waals surface area contributed by atoms with Crippen LogP contribution in [0.1, 0.15) is 19.8 Å². The third kappa shape index (κ3) is 4.01. The fourth-order valence-corrected chi connectivity index (χ4v) is 1.36. The summed E-state index contributed by atoms with van der Waals surface area (Å²) < 4.78 is 4.55. The molecular weight excluding hydrogens is 196 g/mol. The highest BCUT2D eigenvalue weighted by molar-refractivity contribution is 6.00. The van der Waals surface area contributed by atoms with E-state index in [0.29, 0.717) is 5.92 Å². The molecule has 1 rings (SSSR count). The van der Waals surface area contributed by atoms with Gasteiger partial charge in [-0.15, -0.1) is 0 Å². The minimum atomic E-state index is -0.483. The number of hydrogen-bond acceptors (Lipinski definition) is 3. The van der Waals surface area contributed by atoms with Crippen LogP contribution in [0.2, 0.25) is 0 Å². The van der Waals surface area contributed by atoms with E-state index in [1.807, 2.05) is 0 Å². The van der Waals surface area contributed by atoms with Crippen LogP contribution in [-0.4, -0.2) is 25.1 Å². The maximum atomic E-state index is 11.2. The molecule has 0 aliphatic heterocycles. The summed E-state index contributed by atoms with van der Waals surface area (Å²) in [6.07, 6.45) is 4.44. The van der Waals surface area contributed by atoms with E-state index in [0.717, 1.165) is 18.9 Å². The quantitative estimate of drug-likeness (QED) is 0.534. The first-order chi connectivity index (χ1) is 7.17. The highest BCUT2D eigenvalue weighted by Gasteiger charge is 2.36. The molecule has 0 saturated heterocycles. The van der Waals surface area contributed by atoms with Crippen molar-refractivity contribution in [1.29, 1.82) is 0 Å². The topological polar surface area (TPSA) is 67.4 Å². The molecule has 0 bridgehead atoms. The van der Waals surface area contributed by atoms with Crippen molar-refractivity contribution in [3.05, 3.63) is 12.3 Å². The zero-order chi connectivity index (χ0) is 11.3. The Morgan fingerprint density at radius 2 is 2.27 bits per heavy atom. The molecule has 1 aliphatic rings. The van der Waals surface area contributed by atoms with Crippen LogP contribution in [0.5, 0.6) is 0 Å². The van der Waals surface area contributed by atoms with Gasteiger partial charge in [-0.3, -0.25) is 10.1 Å². The predicted octanol–water partition coefficient (Wildman–Crippen LogP) is 0.771. The lowest BCUT2D eigenvalue weighted by Crippen LogP contribution is -2.40. The summed E-state index contributed by atoms with van der Waals surface area (Å²) in [6.45, 7) is 2.08. The molecule has 0 aromatic heterocycles. The average Bonchev–Trinajstić information content (AvgIpc) is 2.93. The van der Waals surface area contributed by atoms with Crippen molar-refractivity contribution in [3.8, 4) is 0 Å². The highest BCUT2D eigenvalue weighted by atomic mass is 16.5. The fourth-order valence-electron chi connectivity index (χ4n) is 1.36. The Hall–Kier alpha value is -1.52. The standard InChI is InChI=1S/C10H16N2O3/c1-3-7-6-8(7)11-10(14)12-9(13)4-5-15-2/h4-5,7-8H,3,6H2,1-2H3,(H2,11,12,13,14)/b5-4+/t7-,8-/m1/s1. The Morgan fingerprint density at radius 3 is 2.80 bits per heavy atom. The van der Waals surface area contributed by atoms with Gasteiger partial charge in [0.25, 0.3) is 5.91 Å². The Morgan fingerprint density at radius 1 is 1.53 bits per heavy atom. The molecule has 0 radical (unpaired) electrons. The first-order valence-electron chi connectivity index (χ1n) is 4.98. The molecule has 0 aromatic carbocycles. The monoisotopic (exact) mass is 212 g/mol. The van der Waals surface area contributed by atoms with E-state index in [1.54, 1.807) is 0 Å². The zero-order valence-corrected chi connectivity index (χ0v) is 8.95. The summed E-state index contributed by atoms with van der Waals surface area (Å²) in [5, 5.41) is 4.89. The maximum Gasteiger partial charge on any atom is 0.321 e. The molecule has 84 valence electrons. The van der Waals surface area contributed by atoms with Gasteiger partial charge in [-0.2, -0.15) is 0 Å². The lowest BCUT2D eigenvalue weighted by atomic mass is 10.3. The Labute approximate surface area is 88.9 Å². The SMILES string of the molecule is CC[C@@H]1C[C@H]1NC(=O)NC(=O)/C=C/OC. The van der Waals surface area contributed by atoms with Crippen molar-refractivity contribution in [2.45, 2.75) is 25.8 Å². The summed E-state index contributed by atoms with van der Waals surface area (Å²) in [6, 6.07) is -0.212. The minimum absolute atomic E-state index is 0.231. The molecule has 15 heavy (non-hydrogen) atoms. The van der Waals surface area contributed by atoms with Crippen molar-refractivity contribution in [2.24, 2.45) is 5.92 Å². The zero-order valence-electron chi connectivity index (χ0n) is 8.95. The van der Waals surface area contributed by atoms with Gasteiger partial charge >= 0.3 is 6.03 Å². The van der Waals surface area contributed by atoms with E-state index < -0.39 is 11.9 Å². The third-order valence-corrected chi connectivity index (χ3v) is 2.36. The number of carbonyl (C=O) groups is 2. The summed E-state index contributed by atoms with van der Waals surface area (Å²) in [4.78, 5) is 22.2. The van der Waals surface area contributed by atoms with Gasteiger partial charge in [0, 0.05) is 12.1 Å². The molecule has 2 N–H and O–H groups in total. The summed E-state index contributed by atoms with van der Waals surface area (Å²) >= 11 is 0. The summed E-state index contributed by atoms with van der Waals surface area (Å²) in [5.41, 5.74) is 0. The first kappa shape index (κ1) is 11.6. The van der Waals surface area contributed by atoms with E-state index in [1.165, 1.54) is 13.4 Å². The molecule has 0 aromatic rings. The van der Waals surface area contributed by atoms with E-state index >= 15 is 0 Å². The maximum absolute atomic E-state index is 11.2. The molecule has 1 saturated carbocycles. The second kappa shape index (κ2) is 5.38. The average molecular weight is 212 g/mol. The summed E-state index contributed by atoms with van der Waals surface area (Å²) in [7, 11) is 1.43. The van der Waals surface area contributed by atoms with Gasteiger partial charge < -0.3 is 10.1 Å². The number of ether oxygens (including phenoxy) is 1.